The summed E-state index contributed by atoms with van der Waals surface area (Å²) in [5.41, 5.74) is -0.550. The molecule has 0 aliphatic rings. The molecule has 1 aromatic heterocycles. The van der Waals surface area contributed by atoms with Gasteiger partial charge in [-0.15, -0.1) is 0 Å². The third kappa shape index (κ3) is 5.30. The molecule has 106 valence electrons. The van der Waals surface area contributed by atoms with E-state index in [4.69, 9.17) is 10.1 Å². The standard InChI is InChI=1S/C13H20IN3O2/c1-5-9(7-17-8-10(14)6-16-17)11(15)12(18)19-13(2,3)4/h6,8-9,15H,5,7H2,1-4H3/t9-/m0/s1. The van der Waals surface area contributed by atoms with Crippen LogP contribution in [0.4, 0.5) is 0 Å². The average Bonchev–Trinajstić information content (AvgIpc) is 2.68. The van der Waals surface area contributed by atoms with Crippen LogP contribution < -0.4 is 0 Å². The molecule has 0 aromatic carbocycles. The van der Waals surface area contributed by atoms with Crippen molar-refractivity contribution in [2.24, 2.45) is 5.92 Å². The van der Waals surface area contributed by atoms with E-state index in [0.717, 1.165) is 3.57 Å². The Hall–Kier alpha value is -0.920. The number of ether oxygens (including phenoxy) is 1. The SMILES string of the molecule is CC[C@@H](Cn1cc(I)cn1)C(=N)C(=O)OC(C)(C)C. The van der Waals surface area contributed by atoms with E-state index in [0.29, 0.717) is 13.0 Å². The van der Waals surface area contributed by atoms with E-state index in [1.165, 1.54) is 0 Å². The van der Waals surface area contributed by atoms with Gasteiger partial charge in [0.1, 0.15) is 11.3 Å². The molecule has 0 aliphatic heterocycles. The number of nitrogens with zero attached hydrogens (tertiary/aromatic N) is 2. The van der Waals surface area contributed by atoms with Crippen molar-refractivity contribution in [1.29, 1.82) is 5.41 Å². The van der Waals surface area contributed by atoms with Gasteiger partial charge in [-0.1, -0.05) is 6.92 Å². The Bertz CT molecular complexity index is 463. The summed E-state index contributed by atoms with van der Waals surface area (Å²) in [7, 11) is 0. The van der Waals surface area contributed by atoms with Crippen LogP contribution in [-0.4, -0.2) is 27.1 Å². The minimum atomic E-state index is -0.567. The number of hydrogen-bond acceptors (Lipinski definition) is 4. The molecule has 0 saturated heterocycles. The highest BCUT2D eigenvalue weighted by Gasteiger charge is 2.25. The minimum absolute atomic E-state index is 0.0166. The van der Waals surface area contributed by atoms with Gasteiger partial charge in [0, 0.05) is 18.7 Å². The van der Waals surface area contributed by atoms with Crippen molar-refractivity contribution in [3.05, 3.63) is 16.0 Å². The smallest absolute Gasteiger partial charge is 0.352 e. The summed E-state index contributed by atoms with van der Waals surface area (Å²) in [4.78, 5) is 11.9. The Morgan fingerprint density at radius 3 is 2.63 bits per heavy atom. The molecule has 1 rings (SSSR count). The van der Waals surface area contributed by atoms with Gasteiger partial charge in [0.25, 0.3) is 0 Å². The fourth-order valence-corrected chi connectivity index (χ4v) is 2.03. The molecule has 0 amide bonds. The van der Waals surface area contributed by atoms with Crippen LogP contribution in [0.25, 0.3) is 0 Å². The Labute approximate surface area is 127 Å². The molecule has 1 atom stereocenters. The van der Waals surface area contributed by atoms with Crippen molar-refractivity contribution in [3.63, 3.8) is 0 Å². The lowest BCUT2D eigenvalue weighted by atomic mass is 10.00. The molecule has 0 saturated carbocycles. The first-order chi connectivity index (χ1) is 8.73. The van der Waals surface area contributed by atoms with Crippen LogP contribution in [0.2, 0.25) is 0 Å². The molecular weight excluding hydrogens is 357 g/mol. The first kappa shape index (κ1) is 16.1. The van der Waals surface area contributed by atoms with Gasteiger partial charge in [0.2, 0.25) is 0 Å². The van der Waals surface area contributed by atoms with Crippen molar-refractivity contribution < 1.29 is 9.53 Å². The van der Waals surface area contributed by atoms with E-state index in [1.54, 1.807) is 31.6 Å². The van der Waals surface area contributed by atoms with E-state index >= 15 is 0 Å². The van der Waals surface area contributed by atoms with Crippen molar-refractivity contribution in [3.8, 4) is 0 Å². The van der Waals surface area contributed by atoms with Gasteiger partial charge < -0.3 is 4.74 Å². The Morgan fingerprint density at radius 1 is 1.58 bits per heavy atom. The van der Waals surface area contributed by atoms with Crippen molar-refractivity contribution in [2.45, 2.75) is 46.3 Å². The van der Waals surface area contributed by atoms with Crippen molar-refractivity contribution in [2.75, 3.05) is 0 Å². The van der Waals surface area contributed by atoms with Gasteiger partial charge in [-0.25, -0.2) is 4.79 Å². The van der Waals surface area contributed by atoms with Crippen LogP contribution >= 0.6 is 22.6 Å². The van der Waals surface area contributed by atoms with E-state index in [9.17, 15) is 4.79 Å². The van der Waals surface area contributed by atoms with Gasteiger partial charge in [0.05, 0.1) is 9.77 Å². The first-order valence-electron chi connectivity index (χ1n) is 6.22. The van der Waals surface area contributed by atoms with E-state index in [1.807, 2.05) is 13.1 Å². The fourth-order valence-electron chi connectivity index (χ4n) is 1.59. The summed E-state index contributed by atoms with van der Waals surface area (Å²) in [6.07, 6.45) is 4.35. The number of nitrogens with one attached hydrogen (secondary N) is 1. The molecule has 19 heavy (non-hydrogen) atoms. The minimum Gasteiger partial charge on any atom is -0.455 e. The largest absolute Gasteiger partial charge is 0.455 e. The number of hydrogen-bond donors (Lipinski definition) is 1. The van der Waals surface area contributed by atoms with Crippen molar-refractivity contribution in [1.82, 2.24) is 9.78 Å². The van der Waals surface area contributed by atoms with Crippen LogP contribution in [0.5, 0.6) is 0 Å². The highest BCUT2D eigenvalue weighted by Crippen LogP contribution is 2.14. The summed E-state index contributed by atoms with van der Waals surface area (Å²) in [5, 5.41) is 12.2. The number of esters is 1. The molecule has 5 nitrogen and oxygen atoms in total. The quantitative estimate of drug-likeness (QED) is 0.488. The fraction of sp³-hybridized carbons (Fsp3) is 0.615. The molecule has 0 fully saturated rings. The zero-order valence-electron chi connectivity index (χ0n) is 11.7. The maximum Gasteiger partial charge on any atom is 0.352 e. The lowest BCUT2D eigenvalue weighted by Crippen LogP contribution is -2.33. The number of carbonyl (C=O) groups is 1. The molecule has 0 aliphatic carbocycles. The van der Waals surface area contributed by atoms with Crippen LogP contribution in [0, 0.1) is 14.9 Å². The third-order valence-corrected chi connectivity index (χ3v) is 3.09. The van der Waals surface area contributed by atoms with Gasteiger partial charge in [0.15, 0.2) is 0 Å². The molecule has 1 N–H and O–H groups in total. The second kappa shape index (κ2) is 6.49. The zero-order valence-corrected chi connectivity index (χ0v) is 13.9. The normalized spacial score (nSPS) is 13.1. The highest BCUT2D eigenvalue weighted by atomic mass is 127. The molecule has 0 radical (unpaired) electrons. The van der Waals surface area contributed by atoms with E-state index in [2.05, 4.69) is 27.7 Å². The van der Waals surface area contributed by atoms with Crippen LogP contribution in [0.15, 0.2) is 12.4 Å². The van der Waals surface area contributed by atoms with Crippen molar-refractivity contribution >= 4 is 34.3 Å². The average molecular weight is 377 g/mol. The molecular formula is C13H20IN3O2. The lowest BCUT2D eigenvalue weighted by Gasteiger charge is -2.22. The number of carbonyl (C=O) groups excluding carboxylic acids is 1. The molecule has 1 heterocycles. The summed E-state index contributed by atoms with van der Waals surface area (Å²) in [6.45, 7) is 7.88. The van der Waals surface area contributed by atoms with Crippen LogP contribution in [0.3, 0.4) is 0 Å². The molecule has 6 heteroatoms. The third-order valence-electron chi connectivity index (χ3n) is 2.53. The van der Waals surface area contributed by atoms with Gasteiger partial charge in [-0.05, 0) is 49.8 Å². The summed E-state index contributed by atoms with van der Waals surface area (Å²) in [6, 6.07) is 0. The lowest BCUT2D eigenvalue weighted by molar-refractivity contribution is -0.146. The topological polar surface area (TPSA) is 68.0 Å². The first-order valence-corrected chi connectivity index (χ1v) is 7.30. The molecule has 0 bridgehead atoms. The van der Waals surface area contributed by atoms with Crippen LogP contribution in [0.1, 0.15) is 34.1 Å². The van der Waals surface area contributed by atoms with E-state index in [-0.39, 0.29) is 11.6 Å². The summed E-state index contributed by atoms with van der Waals surface area (Å²) < 4.78 is 8.03. The highest BCUT2D eigenvalue weighted by molar-refractivity contribution is 14.1. The zero-order chi connectivity index (χ0) is 14.6. The van der Waals surface area contributed by atoms with Gasteiger partial charge in [-0.3, -0.25) is 10.1 Å². The Morgan fingerprint density at radius 2 is 2.21 bits per heavy atom. The molecule has 0 unspecified atom stereocenters. The maximum atomic E-state index is 11.9. The summed E-state index contributed by atoms with van der Waals surface area (Å²) in [5.74, 6) is -0.716. The molecule has 0 spiro atoms. The second-order valence-electron chi connectivity index (χ2n) is 5.40. The predicted octanol–water partition coefficient (Wildman–Crippen LogP) is 2.88. The van der Waals surface area contributed by atoms with Gasteiger partial charge >= 0.3 is 5.97 Å². The number of rotatable bonds is 5. The maximum absolute atomic E-state index is 11.9. The van der Waals surface area contributed by atoms with Crippen LogP contribution in [-0.2, 0) is 16.1 Å². The molecule has 1 aromatic rings. The number of halogens is 1. The predicted molar refractivity (Wildman–Crippen MR) is 82.3 cm³/mol. The Balaban J connectivity index is 2.69. The van der Waals surface area contributed by atoms with E-state index < -0.39 is 11.6 Å². The number of aromatic nitrogens is 2. The second-order valence-corrected chi connectivity index (χ2v) is 6.65. The monoisotopic (exact) mass is 377 g/mol. The van der Waals surface area contributed by atoms with Gasteiger partial charge in [-0.2, -0.15) is 5.10 Å². The summed E-state index contributed by atoms with van der Waals surface area (Å²) >= 11 is 2.18. The Kier molecular flexibility index (Phi) is 5.51.